The molecule has 0 radical (unpaired) electrons. The molecule has 0 aromatic heterocycles. The number of halogens is 3. The molecule has 0 saturated heterocycles. The summed E-state index contributed by atoms with van der Waals surface area (Å²) in [4.78, 5) is 12.3. The van der Waals surface area contributed by atoms with Crippen LogP contribution >= 0.6 is 0 Å². The summed E-state index contributed by atoms with van der Waals surface area (Å²) in [5.74, 6) is 0. The average Bonchev–Trinajstić information content (AvgIpc) is 2.64. The van der Waals surface area contributed by atoms with Gasteiger partial charge < -0.3 is 10.0 Å². The topological polar surface area (TPSA) is 40.5 Å². The number of carboxylic acid groups (broad SMARTS) is 1. The molecule has 1 N–H and O–H groups in total. The van der Waals surface area contributed by atoms with E-state index in [9.17, 15) is 18.0 Å². The summed E-state index contributed by atoms with van der Waals surface area (Å²) >= 11 is 0. The van der Waals surface area contributed by atoms with E-state index in [1.54, 1.807) is 0 Å². The molecule has 0 heterocycles. The fraction of sp³-hybridized carbons (Fsp3) is 0.381. The first-order valence-electron chi connectivity index (χ1n) is 9.05. The maximum Gasteiger partial charge on any atom is 0.416 e. The minimum absolute atomic E-state index is 0.501. The maximum atomic E-state index is 12.6. The van der Waals surface area contributed by atoms with Gasteiger partial charge in [0, 0.05) is 13.1 Å². The van der Waals surface area contributed by atoms with Crippen LogP contribution in [0.3, 0.4) is 0 Å². The molecule has 0 unspecified atom stereocenters. The van der Waals surface area contributed by atoms with Gasteiger partial charge in [-0.05, 0) is 55.0 Å². The summed E-state index contributed by atoms with van der Waals surface area (Å²) in [6.45, 7) is 2.88. The van der Waals surface area contributed by atoms with E-state index in [0.717, 1.165) is 54.5 Å². The van der Waals surface area contributed by atoms with Crippen molar-refractivity contribution in [1.29, 1.82) is 0 Å². The lowest BCUT2D eigenvalue weighted by Gasteiger charge is -2.16. The lowest BCUT2D eigenvalue weighted by molar-refractivity contribution is -0.137. The van der Waals surface area contributed by atoms with Gasteiger partial charge >= 0.3 is 12.3 Å². The van der Waals surface area contributed by atoms with Gasteiger partial charge in [0.05, 0.1) is 5.56 Å². The molecule has 0 saturated carbocycles. The van der Waals surface area contributed by atoms with Crippen LogP contribution in [-0.2, 0) is 12.6 Å². The van der Waals surface area contributed by atoms with Crippen LogP contribution in [0.1, 0.15) is 37.3 Å². The van der Waals surface area contributed by atoms with Crippen molar-refractivity contribution < 1.29 is 23.1 Å². The Balaban J connectivity index is 1.82. The molecule has 6 heteroatoms. The van der Waals surface area contributed by atoms with Crippen LogP contribution in [0.2, 0.25) is 0 Å². The number of nitrogens with zero attached hydrogens (tertiary/aromatic N) is 1. The Morgan fingerprint density at radius 3 is 1.96 bits per heavy atom. The number of hydrogen-bond acceptors (Lipinski definition) is 1. The highest BCUT2D eigenvalue weighted by atomic mass is 19.4. The Morgan fingerprint density at radius 2 is 1.48 bits per heavy atom. The van der Waals surface area contributed by atoms with E-state index >= 15 is 0 Å². The summed E-state index contributed by atoms with van der Waals surface area (Å²) in [7, 11) is 0. The summed E-state index contributed by atoms with van der Waals surface area (Å²) < 4.78 is 37.9. The van der Waals surface area contributed by atoms with Crippen LogP contribution in [0.5, 0.6) is 0 Å². The van der Waals surface area contributed by atoms with Crippen LogP contribution in [0.4, 0.5) is 18.0 Å². The van der Waals surface area contributed by atoms with Crippen molar-refractivity contribution in [3.05, 3.63) is 59.7 Å². The first-order chi connectivity index (χ1) is 12.8. The number of alkyl halides is 3. The normalized spacial score (nSPS) is 11.4. The van der Waals surface area contributed by atoms with Gasteiger partial charge in [-0.15, -0.1) is 0 Å². The van der Waals surface area contributed by atoms with E-state index in [4.69, 9.17) is 5.11 Å². The summed E-state index contributed by atoms with van der Waals surface area (Å²) in [6.07, 6.45) is -1.55. The number of benzene rings is 2. The largest absolute Gasteiger partial charge is 0.465 e. The van der Waals surface area contributed by atoms with E-state index in [1.807, 2.05) is 31.2 Å². The minimum Gasteiger partial charge on any atom is -0.465 e. The Bertz CT molecular complexity index is 725. The molecule has 0 aliphatic rings. The van der Waals surface area contributed by atoms with Crippen molar-refractivity contribution in [2.45, 2.75) is 38.8 Å². The molecule has 0 bridgehead atoms. The summed E-state index contributed by atoms with van der Waals surface area (Å²) in [6, 6.07) is 13.0. The zero-order valence-corrected chi connectivity index (χ0v) is 15.3. The molecule has 2 aromatic carbocycles. The van der Waals surface area contributed by atoms with Crippen molar-refractivity contribution in [2.75, 3.05) is 13.1 Å². The van der Waals surface area contributed by atoms with Crippen LogP contribution < -0.4 is 0 Å². The van der Waals surface area contributed by atoms with Gasteiger partial charge in [-0.1, -0.05) is 42.8 Å². The van der Waals surface area contributed by atoms with E-state index < -0.39 is 17.8 Å². The second-order valence-corrected chi connectivity index (χ2v) is 6.44. The van der Waals surface area contributed by atoms with Crippen molar-refractivity contribution in [3.8, 4) is 11.1 Å². The van der Waals surface area contributed by atoms with Gasteiger partial charge in [0.1, 0.15) is 0 Å². The number of unbranched alkanes of at least 4 members (excludes halogenated alkanes) is 2. The first kappa shape index (κ1) is 20.8. The minimum atomic E-state index is -4.32. The lowest BCUT2D eigenvalue weighted by atomic mass is 10.0. The molecule has 0 atom stereocenters. The van der Waals surface area contributed by atoms with Crippen molar-refractivity contribution in [2.24, 2.45) is 0 Å². The van der Waals surface area contributed by atoms with E-state index in [1.165, 1.54) is 17.0 Å². The number of amides is 1. The third kappa shape index (κ3) is 6.31. The number of hydrogen-bond donors (Lipinski definition) is 1. The highest BCUT2D eigenvalue weighted by molar-refractivity contribution is 5.65. The molecule has 146 valence electrons. The highest BCUT2D eigenvalue weighted by Crippen LogP contribution is 2.31. The SMILES string of the molecule is CCN(CCCCCc1ccc(-c2ccc(C(F)(F)F)cc2)cc1)C(=O)O. The molecule has 1 amide bonds. The summed E-state index contributed by atoms with van der Waals surface area (Å²) in [5, 5.41) is 8.95. The molecular weight excluding hydrogens is 355 g/mol. The van der Waals surface area contributed by atoms with Crippen molar-refractivity contribution >= 4 is 6.09 Å². The fourth-order valence-electron chi connectivity index (χ4n) is 2.91. The predicted octanol–water partition coefficient (Wildman–Crippen LogP) is 6.09. The van der Waals surface area contributed by atoms with Gasteiger partial charge in [0.2, 0.25) is 0 Å². The summed E-state index contributed by atoms with van der Waals surface area (Å²) in [5.41, 5.74) is 2.15. The smallest absolute Gasteiger partial charge is 0.416 e. The Hall–Kier alpha value is -2.50. The zero-order chi connectivity index (χ0) is 19.9. The Kier molecular flexibility index (Phi) is 7.28. The molecule has 2 aromatic rings. The van der Waals surface area contributed by atoms with Crippen LogP contribution in [-0.4, -0.2) is 29.2 Å². The van der Waals surface area contributed by atoms with Gasteiger partial charge in [-0.3, -0.25) is 0 Å². The van der Waals surface area contributed by atoms with E-state index in [2.05, 4.69) is 0 Å². The van der Waals surface area contributed by atoms with Gasteiger partial charge in [0.15, 0.2) is 0 Å². The highest BCUT2D eigenvalue weighted by Gasteiger charge is 2.29. The Labute approximate surface area is 157 Å². The first-order valence-corrected chi connectivity index (χ1v) is 9.05. The molecule has 0 aliphatic heterocycles. The predicted molar refractivity (Wildman–Crippen MR) is 99.7 cm³/mol. The number of carbonyl (C=O) groups is 1. The van der Waals surface area contributed by atoms with Crippen LogP contribution in [0.25, 0.3) is 11.1 Å². The maximum absolute atomic E-state index is 12.6. The van der Waals surface area contributed by atoms with Gasteiger partial charge in [-0.2, -0.15) is 13.2 Å². The van der Waals surface area contributed by atoms with Crippen molar-refractivity contribution in [1.82, 2.24) is 4.90 Å². The zero-order valence-electron chi connectivity index (χ0n) is 15.3. The third-order valence-electron chi connectivity index (χ3n) is 4.55. The standard InChI is InChI=1S/C21H24F3NO2/c1-2-25(20(26)27)15-5-3-4-6-16-7-9-17(10-8-16)18-11-13-19(14-12-18)21(22,23)24/h7-14H,2-6,15H2,1H3,(H,26,27). The van der Waals surface area contributed by atoms with E-state index in [-0.39, 0.29) is 0 Å². The monoisotopic (exact) mass is 379 g/mol. The molecule has 27 heavy (non-hydrogen) atoms. The quantitative estimate of drug-likeness (QED) is 0.564. The fourth-order valence-corrected chi connectivity index (χ4v) is 2.91. The second-order valence-electron chi connectivity index (χ2n) is 6.44. The van der Waals surface area contributed by atoms with E-state index in [0.29, 0.717) is 13.1 Å². The number of rotatable bonds is 8. The third-order valence-corrected chi connectivity index (χ3v) is 4.55. The second kappa shape index (κ2) is 9.44. The Morgan fingerprint density at radius 1 is 0.926 bits per heavy atom. The molecule has 2 rings (SSSR count). The van der Waals surface area contributed by atoms with Crippen LogP contribution in [0.15, 0.2) is 48.5 Å². The molecule has 3 nitrogen and oxygen atoms in total. The van der Waals surface area contributed by atoms with Crippen LogP contribution in [0, 0.1) is 0 Å². The van der Waals surface area contributed by atoms with Crippen molar-refractivity contribution in [3.63, 3.8) is 0 Å². The molecular formula is C21H24F3NO2. The van der Waals surface area contributed by atoms with Gasteiger partial charge in [-0.25, -0.2) is 4.79 Å². The molecule has 0 spiro atoms. The molecule has 0 fully saturated rings. The lowest BCUT2D eigenvalue weighted by Crippen LogP contribution is -2.30. The molecule has 0 aliphatic carbocycles. The van der Waals surface area contributed by atoms with Gasteiger partial charge in [0.25, 0.3) is 0 Å². The average molecular weight is 379 g/mol. The number of aryl methyl sites for hydroxylation is 1.